The van der Waals surface area contributed by atoms with Crippen LogP contribution in [0.2, 0.25) is 0 Å². The summed E-state index contributed by atoms with van der Waals surface area (Å²) in [6.45, 7) is 0. The van der Waals surface area contributed by atoms with Gasteiger partial charge in [0.2, 0.25) is 23.6 Å². The fourth-order valence-corrected chi connectivity index (χ4v) is 17.0. The quantitative estimate of drug-likeness (QED) is 0.0671. The summed E-state index contributed by atoms with van der Waals surface area (Å²) < 4.78 is 20.4. The Balaban J connectivity index is 0.514. The molecule has 0 spiro atoms. The molecular formula is C103H79N7O2. The van der Waals surface area contributed by atoms with Gasteiger partial charge in [-0.25, -0.2) is 0 Å². The van der Waals surface area contributed by atoms with Crippen molar-refractivity contribution in [1.29, 1.82) is 0 Å². The van der Waals surface area contributed by atoms with Crippen molar-refractivity contribution in [3.05, 3.63) is 391 Å². The first-order valence-electron chi connectivity index (χ1n) is 39.3. The first-order valence-corrected chi connectivity index (χ1v) is 39.3. The molecule has 9 heteroatoms. The molecule has 0 bridgehead atoms. The Morgan fingerprint density at radius 2 is 0.580 bits per heavy atom. The zero-order chi connectivity index (χ0) is 74.3. The summed E-state index contributed by atoms with van der Waals surface area (Å²) in [7, 11) is 0. The van der Waals surface area contributed by atoms with Crippen molar-refractivity contribution < 1.29 is 8.83 Å². The van der Waals surface area contributed by atoms with E-state index in [0.29, 0.717) is 29.5 Å². The first kappa shape index (κ1) is 67.6. The molecule has 9 nitrogen and oxygen atoms in total. The smallest absolute Gasteiger partial charge is 0.248 e. The third kappa shape index (κ3) is 13.3. The van der Waals surface area contributed by atoms with E-state index >= 15 is 0 Å². The Kier molecular flexibility index (Phi) is 17.9. The van der Waals surface area contributed by atoms with Crippen LogP contribution in [0, 0.1) is 0 Å². The number of aromatic nitrogens is 7. The Bertz CT molecular complexity index is 6700. The molecule has 0 saturated heterocycles. The molecule has 0 N–H and O–H groups in total. The molecular weight excluding hydrogens is 1370 g/mol. The topological polar surface area (TPSA) is 92.6 Å². The number of hydrogen-bond donors (Lipinski definition) is 0. The molecule has 14 aromatic carbocycles. The maximum Gasteiger partial charge on any atom is 0.248 e. The zero-order valence-corrected chi connectivity index (χ0v) is 62.1. The van der Waals surface area contributed by atoms with Crippen molar-refractivity contribution in [2.24, 2.45) is 0 Å². The van der Waals surface area contributed by atoms with Crippen molar-refractivity contribution in [3.8, 4) is 85.1 Å². The summed E-state index contributed by atoms with van der Waals surface area (Å²) in [5, 5.41) is 26.2. The number of rotatable bonds is 22. The predicted molar refractivity (Wildman–Crippen MR) is 459 cm³/mol. The van der Waals surface area contributed by atoms with Gasteiger partial charge >= 0.3 is 0 Å². The van der Waals surface area contributed by atoms with Crippen molar-refractivity contribution in [3.63, 3.8) is 0 Å². The van der Waals surface area contributed by atoms with E-state index in [1.54, 1.807) is 0 Å². The van der Waals surface area contributed by atoms with E-state index in [4.69, 9.17) is 8.83 Å². The summed E-state index contributed by atoms with van der Waals surface area (Å²) in [5.74, 6) is 2.18. The lowest BCUT2D eigenvalue weighted by Crippen LogP contribution is -1.97. The lowest BCUT2D eigenvalue weighted by atomic mass is 9.91. The number of aryl methyl sites for hydroxylation is 6. The molecule has 0 amide bonds. The van der Waals surface area contributed by atoms with Gasteiger partial charge in [0.15, 0.2) is 0 Å². The molecule has 1 aliphatic carbocycles. The van der Waals surface area contributed by atoms with Gasteiger partial charge in [0, 0.05) is 77.6 Å². The number of para-hydroxylation sites is 3. The number of benzene rings is 14. The third-order valence-corrected chi connectivity index (χ3v) is 22.8. The van der Waals surface area contributed by atoms with Crippen LogP contribution in [-0.2, 0) is 38.5 Å². The highest BCUT2D eigenvalue weighted by atomic mass is 16.4. The zero-order valence-electron chi connectivity index (χ0n) is 62.1. The van der Waals surface area contributed by atoms with Gasteiger partial charge in [0.1, 0.15) is 0 Å². The molecule has 5 heterocycles. The fraction of sp³-hybridized carbons (Fsp3) is 0.107. The summed E-state index contributed by atoms with van der Waals surface area (Å²) in [5.41, 5.74) is 27.8. The third-order valence-electron chi connectivity index (χ3n) is 22.8. The van der Waals surface area contributed by atoms with Gasteiger partial charge < -0.3 is 22.5 Å². The molecule has 19 aromatic rings. The van der Waals surface area contributed by atoms with E-state index in [1.807, 2.05) is 6.07 Å². The number of nitrogens with zero attached hydrogens (tertiary/aromatic N) is 7. The molecule has 0 aliphatic heterocycles. The average molecular weight is 1450 g/mol. The van der Waals surface area contributed by atoms with Crippen LogP contribution in [0.15, 0.2) is 361 Å². The van der Waals surface area contributed by atoms with Crippen molar-refractivity contribution >= 4 is 65.4 Å². The van der Waals surface area contributed by atoms with E-state index in [2.05, 4.69) is 380 Å². The molecule has 538 valence electrons. The average Bonchev–Trinajstić information content (AvgIpc) is 1.60. The Hall–Kier alpha value is -13.8. The molecule has 0 saturated carbocycles. The summed E-state index contributed by atoms with van der Waals surface area (Å²) >= 11 is 0. The van der Waals surface area contributed by atoms with Gasteiger partial charge in [-0.05, 0) is 259 Å². The van der Waals surface area contributed by atoms with Crippen molar-refractivity contribution in [2.75, 3.05) is 0 Å². The van der Waals surface area contributed by atoms with Gasteiger partial charge in [-0.15, -0.1) is 20.4 Å². The highest BCUT2D eigenvalue weighted by molar-refractivity contribution is 6.12. The van der Waals surface area contributed by atoms with Crippen LogP contribution in [0.1, 0.15) is 70.5 Å². The van der Waals surface area contributed by atoms with E-state index < -0.39 is 0 Å². The fourth-order valence-electron chi connectivity index (χ4n) is 17.0. The van der Waals surface area contributed by atoms with Crippen molar-refractivity contribution in [2.45, 2.75) is 70.1 Å². The standard InChI is InChI=1S/C103H79N7O2/c1-4-25-75(26-5-1)80-51-60-97-91(66-80)88-31-10-13-34-94(88)108(97)85-54-41-71(42-55-85)21-16-19-69-37-47-78(48-38-69)100-104-106-102(111-100)83-63-74(24-18-23-73-45-58-87(59-46-73)110-96-36-15-12-33-90(96)93-68-82(53-62-99(93)110)77-29-8-3-9-30-77)64-84(65-83)103-107-105-101(112-103)79-49-39-70(40-50-79)20-17-22-72-43-56-86(57-44-72)109-95-35-14-11-32-89(95)92-67-81(52-61-98(92)109)76-27-6-2-7-28-76/h1-15,25-27,29-68,76H,16-24,28H2. The lowest BCUT2D eigenvalue weighted by molar-refractivity contribution is 0.582. The van der Waals surface area contributed by atoms with Gasteiger partial charge in [-0.2, -0.15) is 0 Å². The van der Waals surface area contributed by atoms with E-state index in [0.717, 1.165) is 103 Å². The minimum atomic E-state index is 0.406. The SMILES string of the molecule is C1=CCC(c2ccc3c(c2)c2ccccc2n3-c2ccc(CCCc3ccc(-c4nnc(-c5cc(CCCc6ccc(-n7c8ccccc8c8cc(-c9ccccc9)ccc87)cc6)cc(-c6nnc(-c7ccc(CCCc8ccc(-n9c%10ccccc%10c%10cc(-c%11ccccc%11)ccc%109)cc8)cc7)o6)c5)o4)cc3)cc2)C=C1. The van der Waals surface area contributed by atoms with Gasteiger partial charge in [-0.1, -0.05) is 218 Å². The maximum atomic E-state index is 6.59. The second kappa shape index (κ2) is 29.7. The van der Waals surface area contributed by atoms with Crippen LogP contribution in [0.3, 0.4) is 0 Å². The number of allylic oxidation sites excluding steroid dienone is 4. The molecule has 20 rings (SSSR count). The van der Waals surface area contributed by atoms with Crippen LogP contribution < -0.4 is 0 Å². The molecule has 1 aliphatic rings. The number of fused-ring (bicyclic) bond motifs is 9. The van der Waals surface area contributed by atoms with Crippen LogP contribution in [0.4, 0.5) is 0 Å². The highest BCUT2D eigenvalue weighted by Crippen LogP contribution is 2.41. The summed E-state index contributed by atoms with van der Waals surface area (Å²) in [4.78, 5) is 0. The van der Waals surface area contributed by atoms with Gasteiger partial charge in [0.25, 0.3) is 0 Å². The number of hydrogen-bond acceptors (Lipinski definition) is 6. The van der Waals surface area contributed by atoms with Crippen LogP contribution >= 0.6 is 0 Å². The van der Waals surface area contributed by atoms with Crippen LogP contribution in [0.25, 0.3) is 151 Å². The van der Waals surface area contributed by atoms with Crippen molar-refractivity contribution in [1.82, 2.24) is 34.1 Å². The van der Waals surface area contributed by atoms with E-state index in [1.165, 1.54) is 127 Å². The molecule has 5 aromatic heterocycles. The molecule has 1 atom stereocenters. The Morgan fingerprint density at radius 1 is 0.250 bits per heavy atom. The van der Waals surface area contributed by atoms with Crippen LogP contribution in [-0.4, -0.2) is 34.1 Å². The maximum absolute atomic E-state index is 6.59. The second-order valence-electron chi connectivity index (χ2n) is 29.9. The minimum absolute atomic E-state index is 0.406. The molecule has 0 radical (unpaired) electrons. The largest absolute Gasteiger partial charge is 0.416 e. The predicted octanol–water partition coefficient (Wildman–Crippen LogP) is 25.9. The van der Waals surface area contributed by atoms with Crippen LogP contribution in [0.5, 0.6) is 0 Å². The lowest BCUT2D eigenvalue weighted by Gasteiger charge is -2.14. The van der Waals surface area contributed by atoms with Gasteiger partial charge in [-0.3, -0.25) is 0 Å². The molecule has 1 unspecified atom stereocenters. The van der Waals surface area contributed by atoms with Gasteiger partial charge in [0.05, 0.1) is 33.1 Å². The summed E-state index contributed by atoms with van der Waals surface area (Å²) in [6.07, 6.45) is 18.4. The minimum Gasteiger partial charge on any atom is -0.416 e. The Labute approximate surface area is 650 Å². The molecule has 112 heavy (non-hydrogen) atoms. The normalized spacial score (nSPS) is 12.9. The monoisotopic (exact) mass is 1450 g/mol. The first-order chi connectivity index (χ1) is 55.5. The van der Waals surface area contributed by atoms with E-state index in [9.17, 15) is 0 Å². The second-order valence-corrected chi connectivity index (χ2v) is 29.9. The Morgan fingerprint density at radius 3 is 0.973 bits per heavy atom. The molecule has 0 fully saturated rings. The summed E-state index contributed by atoms with van der Waals surface area (Å²) in [6, 6.07) is 119. The highest BCUT2D eigenvalue weighted by Gasteiger charge is 2.22. The van der Waals surface area contributed by atoms with E-state index in [-0.39, 0.29) is 0 Å².